The Labute approximate surface area is 119 Å². The van der Waals surface area contributed by atoms with Crippen LogP contribution >= 0.6 is 0 Å². The van der Waals surface area contributed by atoms with E-state index in [0.717, 1.165) is 26.1 Å². The second kappa shape index (κ2) is 4.60. The summed E-state index contributed by atoms with van der Waals surface area (Å²) >= 11 is 0. The summed E-state index contributed by atoms with van der Waals surface area (Å²) in [5, 5.41) is 0. The lowest BCUT2D eigenvalue weighted by Gasteiger charge is -2.41. The number of nitrogens with zero attached hydrogens (tertiary/aromatic N) is 3. The quantitative estimate of drug-likeness (QED) is 0.729. The summed E-state index contributed by atoms with van der Waals surface area (Å²) in [6, 6.07) is 11.5. The minimum Gasteiger partial charge on any atom is -0.362 e. The van der Waals surface area contributed by atoms with Crippen LogP contribution in [0.2, 0.25) is 0 Å². The van der Waals surface area contributed by atoms with E-state index in [9.17, 15) is 0 Å². The molecule has 2 aliphatic heterocycles. The van der Waals surface area contributed by atoms with E-state index in [4.69, 9.17) is 0 Å². The molecule has 1 fully saturated rings. The predicted octanol–water partition coefficient (Wildman–Crippen LogP) is 2.48. The van der Waals surface area contributed by atoms with E-state index in [-0.39, 0.29) is 0 Å². The van der Waals surface area contributed by atoms with Gasteiger partial charge in [0.2, 0.25) is 0 Å². The van der Waals surface area contributed by atoms with E-state index in [1.54, 1.807) is 0 Å². The molecule has 0 spiro atoms. The van der Waals surface area contributed by atoms with Gasteiger partial charge in [-0.15, -0.1) is 0 Å². The summed E-state index contributed by atoms with van der Waals surface area (Å²) in [4.78, 5) is 9.34. The van der Waals surface area contributed by atoms with Crippen molar-refractivity contribution in [3.05, 3.63) is 59.4 Å². The van der Waals surface area contributed by atoms with E-state index in [0.29, 0.717) is 6.04 Å². The van der Waals surface area contributed by atoms with Crippen LogP contribution in [0.5, 0.6) is 0 Å². The predicted molar refractivity (Wildman–Crippen MR) is 81.1 cm³/mol. The maximum Gasteiger partial charge on any atom is 0.0672 e. The normalized spacial score (nSPS) is 21.6. The van der Waals surface area contributed by atoms with Crippen LogP contribution in [-0.2, 0) is 6.42 Å². The minimum atomic E-state index is 0.466. The molecule has 20 heavy (non-hydrogen) atoms. The highest BCUT2D eigenvalue weighted by atomic mass is 15.3. The second-order valence-electron chi connectivity index (χ2n) is 5.85. The number of hydrogen-bond acceptors (Lipinski definition) is 3. The van der Waals surface area contributed by atoms with Crippen molar-refractivity contribution in [2.75, 3.05) is 31.6 Å². The molecule has 1 atom stereocenters. The van der Waals surface area contributed by atoms with Gasteiger partial charge in [0.15, 0.2) is 0 Å². The highest BCUT2D eigenvalue weighted by molar-refractivity contribution is 5.59. The first kappa shape index (κ1) is 11.9. The second-order valence-corrected chi connectivity index (χ2v) is 5.85. The molecule has 0 radical (unpaired) electrons. The number of hydrogen-bond donors (Lipinski definition) is 0. The van der Waals surface area contributed by atoms with Gasteiger partial charge in [-0.2, -0.15) is 0 Å². The van der Waals surface area contributed by atoms with Crippen molar-refractivity contribution in [2.45, 2.75) is 12.5 Å². The average Bonchev–Trinajstić information content (AvgIpc) is 2.61. The van der Waals surface area contributed by atoms with Gasteiger partial charge in [-0.1, -0.05) is 24.3 Å². The van der Waals surface area contributed by atoms with Crippen LogP contribution in [0.3, 0.4) is 0 Å². The fourth-order valence-electron chi connectivity index (χ4n) is 3.54. The number of benzene rings is 1. The third kappa shape index (κ3) is 1.81. The lowest BCUT2D eigenvalue weighted by atomic mass is 9.96. The molecule has 0 amide bonds. The van der Waals surface area contributed by atoms with E-state index in [1.807, 2.05) is 12.4 Å². The van der Waals surface area contributed by atoms with Gasteiger partial charge < -0.3 is 9.80 Å². The number of rotatable bonds is 0. The van der Waals surface area contributed by atoms with Crippen LogP contribution in [0.15, 0.2) is 42.7 Å². The molecular weight excluding hydrogens is 246 g/mol. The Hall–Kier alpha value is -1.87. The van der Waals surface area contributed by atoms with Crippen LogP contribution in [-0.4, -0.2) is 36.6 Å². The van der Waals surface area contributed by atoms with Gasteiger partial charge in [0.1, 0.15) is 0 Å². The first-order chi connectivity index (χ1) is 9.83. The lowest BCUT2D eigenvalue weighted by Crippen LogP contribution is -2.46. The van der Waals surface area contributed by atoms with Gasteiger partial charge in [0.05, 0.1) is 6.04 Å². The zero-order valence-corrected chi connectivity index (χ0v) is 11.8. The summed E-state index contributed by atoms with van der Waals surface area (Å²) in [6.45, 7) is 3.31. The Morgan fingerprint density at radius 3 is 2.95 bits per heavy atom. The van der Waals surface area contributed by atoms with Crippen LogP contribution < -0.4 is 4.90 Å². The monoisotopic (exact) mass is 265 g/mol. The smallest absolute Gasteiger partial charge is 0.0672 e. The third-order valence-electron chi connectivity index (χ3n) is 4.57. The van der Waals surface area contributed by atoms with Crippen LogP contribution in [0.25, 0.3) is 0 Å². The van der Waals surface area contributed by atoms with Crippen molar-refractivity contribution in [2.24, 2.45) is 0 Å². The van der Waals surface area contributed by atoms with Crippen molar-refractivity contribution in [1.82, 2.24) is 9.88 Å². The fraction of sp³-hybridized carbons (Fsp3) is 0.353. The Morgan fingerprint density at radius 2 is 2.00 bits per heavy atom. The molecule has 4 rings (SSSR count). The number of likely N-dealkylation sites (N-methyl/N-ethyl adjacent to an activating group) is 1. The highest BCUT2D eigenvalue weighted by Crippen LogP contribution is 2.38. The van der Waals surface area contributed by atoms with Crippen molar-refractivity contribution in [3.8, 4) is 0 Å². The summed E-state index contributed by atoms with van der Waals surface area (Å²) in [7, 11) is 2.22. The molecule has 2 aliphatic rings. The van der Waals surface area contributed by atoms with Crippen molar-refractivity contribution in [3.63, 3.8) is 0 Å². The number of pyridine rings is 1. The van der Waals surface area contributed by atoms with E-state index < -0.39 is 0 Å². The van der Waals surface area contributed by atoms with Crippen LogP contribution in [0.1, 0.15) is 22.7 Å². The van der Waals surface area contributed by atoms with Gasteiger partial charge in [-0.05, 0) is 29.8 Å². The summed E-state index contributed by atoms with van der Waals surface area (Å²) in [5.41, 5.74) is 5.65. The molecule has 3 heteroatoms. The Morgan fingerprint density at radius 1 is 1.10 bits per heavy atom. The molecule has 3 nitrogen and oxygen atoms in total. The summed E-state index contributed by atoms with van der Waals surface area (Å²) < 4.78 is 0. The maximum absolute atomic E-state index is 4.33. The minimum absolute atomic E-state index is 0.466. The van der Waals surface area contributed by atoms with Gasteiger partial charge in [-0.25, -0.2) is 0 Å². The molecule has 0 N–H and O–H groups in total. The number of fused-ring (bicyclic) bond motifs is 5. The molecular formula is C17H19N3. The van der Waals surface area contributed by atoms with Crippen molar-refractivity contribution < 1.29 is 0 Å². The van der Waals surface area contributed by atoms with Gasteiger partial charge >= 0.3 is 0 Å². The molecule has 0 saturated carbocycles. The number of aromatic nitrogens is 1. The van der Waals surface area contributed by atoms with E-state index in [1.165, 1.54) is 22.4 Å². The first-order valence-electron chi connectivity index (χ1n) is 7.29. The molecule has 3 heterocycles. The van der Waals surface area contributed by atoms with E-state index in [2.05, 4.69) is 52.2 Å². The fourth-order valence-corrected chi connectivity index (χ4v) is 3.54. The third-order valence-corrected chi connectivity index (χ3v) is 4.57. The topological polar surface area (TPSA) is 19.4 Å². The Kier molecular flexibility index (Phi) is 2.74. The molecule has 1 unspecified atom stereocenters. The molecule has 1 aromatic heterocycles. The van der Waals surface area contributed by atoms with Gasteiger partial charge in [0.25, 0.3) is 0 Å². The van der Waals surface area contributed by atoms with Crippen LogP contribution in [0.4, 0.5) is 5.69 Å². The Balaban J connectivity index is 1.90. The summed E-state index contributed by atoms with van der Waals surface area (Å²) in [6.07, 6.45) is 4.95. The zero-order chi connectivity index (χ0) is 13.5. The maximum atomic E-state index is 4.33. The number of anilines is 1. The zero-order valence-electron chi connectivity index (χ0n) is 11.8. The molecule has 0 bridgehead atoms. The van der Waals surface area contributed by atoms with Crippen LogP contribution in [0, 0.1) is 0 Å². The highest BCUT2D eigenvalue weighted by Gasteiger charge is 2.31. The van der Waals surface area contributed by atoms with Crippen molar-refractivity contribution >= 4 is 5.69 Å². The average molecular weight is 265 g/mol. The first-order valence-corrected chi connectivity index (χ1v) is 7.29. The van der Waals surface area contributed by atoms with Gasteiger partial charge in [-0.3, -0.25) is 4.98 Å². The molecule has 102 valence electrons. The van der Waals surface area contributed by atoms with E-state index >= 15 is 0 Å². The largest absolute Gasteiger partial charge is 0.362 e. The Bertz CT molecular complexity index is 638. The SMILES string of the molecule is CN1CCN2c3ccncc3Cc3ccccc3C2C1. The molecule has 1 saturated heterocycles. The molecule has 0 aliphatic carbocycles. The summed E-state index contributed by atoms with van der Waals surface area (Å²) in [5.74, 6) is 0. The molecule has 2 aromatic rings. The van der Waals surface area contributed by atoms with Crippen molar-refractivity contribution in [1.29, 1.82) is 0 Å². The standard InChI is InChI=1S/C17H19N3/c1-19-8-9-20-16-6-7-18-11-14(16)10-13-4-2-3-5-15(13)17(20)12-19/h2-7,11,17H,8-10,12H2,1H3. The van der Waals surface area contributed by atoms with Gasteiger partial charge in [0, 0.05) is 44.1 Å². The molecule has 1 aromatic carbocycles. The number of piperazine rings is 1. The lowest BCUT2D eigenvalue weighted by molar-refractivity contribution is 0.269.